The minimum atomic E-state index is 0.0681. The van der Waals surface area contributed by atoms with E-state index in [0.717, 1.165) is 17.2 Å². The normalized spacial score (nSPS) is 12.8. The number of anilines is 1. The van der Waals surface area contributed by atoms with Crippen LogP contribution in [0, 0.1) is 0 Å². The van der Waals surface area contributed by atoms with Crippen LogP contribution < -0.4 is 5.32 Å². The third kappa shape index (κ3) is 1.73. The van der Waals surface area contributed by atoms with Crippen molar-refractivity contribution in [2.24, 2.45) is 0 Å². The van der Waals surface area contributed by atoms with E-state index in [-0.39, 0.29) is 6.04 Å². The molecule has 0 radical (unpaired) electrons. The van der Waals surface area contributed by atoms with E-state index < -0.39 is 0 Å². The molecule has 17 heavy (non-hydrogen) atoms. The van der Waals surface area contributed by atoms with Gasteiger partial charge in [0.05, 0.1) is 12.2 Å². The molecule has 0 aliphatic rings. The quantitative estimate of drug-likeness (QED) is 0.714. The highest BCUT2D eigenvalue weighted by molar-refractivity contribution is 5.67. The predicted molar refractivity (Wildman–Crippen MR) is 63.6 cm³/mol. The van der Waals surface area contributed by atoms with Gasteiger partial charge in [-0.05, 0) is 13.0 Å². The van der Waals surface area contributed by atoms with E-state index >= 15 is 0 Å². The van der Waals surface area contributed by atoms with Crippen LogP contribution in [0.5, 0.6) is 0 Å². The minimum absolute atomic E-state index is 0.0681. The number of hydrogen-bond donors (Lipinski definition) is 2. The average Bonchev–Trinajstić information content (AvgIpc) is 3.00. The van der Waals surface area contributed by atoms with Gasteiger partial charge in [0.25, 0.3) is 0 Å². The van der Waals surface area contributed by atoms with Crippen molar-refractivity contribution in [1.29, 1.82) is 0 Å². The van der Waals surface area contributed by atoms with Crippen molar-refractivity contribution in [3.05, 3.63) is 42.9 Å². The predicted octanol–water partition coefficient (Wildman–Crippen LogP) is 1.63. The minimum Gasteiger partial charge on any atom is -0.359 e. The Labute approximate surface area is 97.7 Å². The number of aromatic nitrogens is 5. The fourth-order valence-corrected chi connectivity index (χ4v) is 1.76. The monoisotopic (exact) mass is 228 g/mol. The zero-order chi connectivity index (χ0) is 11.7. The number of H-pyrrole nitrogens is 1. The van der Waals surface area contributed by atoms with Crippen LogP contribution in [0.4, 0.5) is 5.82 Å². The molecule has 3 aromatic rings. The fraction of sp³-hybridized carbons (Fsp3) is 0.182. The highest BCUT2D eigenvalue weighted by Crippen LogP contribution is 2.18. The van der Waals surface area contributed by atoms with Gasteiger partial charge >= 0.3 is 0 Å². The number of hydrogen-bond acceptors (Lipinski definition) is 4. The molecule has 0 aliphatic carbocycles. The largest absolute Gasteiger partial charge is 0.359 e. The Morgan fingerprint density at radius 2 is 2.24 bits per heavy atom. The summed E-state index contributed by atoms with van der Waals surface area (Å²) in [6, 6.07) is 1.99. The summed E-state index contributed by atoms with van der Waals surface area (Å²) in [7, 11) is 0. The summed E-state index contributed by atoms with van der Waals surface area (Å²) >= 11 is 0. The second-order valence-electron chi connectivity index (χ2n) is 3.78. The number of imidazole rings is 1. The van der Waals surface area contributed by atoms with Crippen molar-refractivity contribution in [2.75, 3.05) is 5.32 Å². The van der Waals surface area contributed by atoms with E-state index in [1.165, 1.54) is 0 Å². The van der Waals surface area contributed by atoms with Crippen LogP contribution in [-0.4, -0.2) is 24.6 Å². The Morgan fingerprint density at radius 1 is 1.29 bits per heavy atom. The Morgan fingerprint density at radius 3 is 3.06 bits per heavy atom. The molecule has 2 N–H and O–H groups in total. The smallest absolute Gasteiger partial charge is 0.152 e. The Kier molecular flexibility index (Phi) is 2.25. The van der Waals surface area contributed by atoms with Gasteiger partial charge in [-0.3, -0.25) is 0 Å². The maximum absolute atomic E-state index is 4.32. The molecule has 86 valence electrons. The maximum Gasteiger partial charge on any atom is 0.152 e. The SMILES string of the molecule is CC(Nc1nccn2nccc12)c1ncc[nH]1. The molecule has 0 bridgehead atoms. The van der Waals surface area contributed by atoms with Crippen LogP contribution in [0.3, 0.4) is 0 Å². The van der Waals surface area contributed by atoms with Gasteiger partial charge in [0.1, 0.15) is 11.3 Å². The van der Waals surface area contributed by atoms with Crippen LogP contribution in [0.1, 0.15) is 18.8 Å². The van der Waals surface area contributed by atoms with E-state index in [1.807, 2.05) is 19.2 Å². The molecule has 0 fully saturated rings. The van der Waals surface area contributed by atoms with Gasteiger partial charge < -0.3 is 10.3 Å². The third-order valence-corrected chi connectivity index (χ3v) is 2.61. The van der Waals surface area contributed by atoms with Crippen molar-refractivity contribution in [2.45, 2.75) is 13.0 Å². The summed E-state index contributed by atoms with van der Waals surface area (Å²) in [6.07, 6.45) is 8.83. The zero-order valence-corrected chi connectivity index (χ0v) is 9.33. The van der Waals surface area contributed by atoms with E-state index in [9.17, 15) is 0 Å². The molecule has 0 aliphatic heterocycles. The van der Waals surface area contributed by atoms with Gasteiger partial charge in [-0.1, -0.05) is 0 Å². The van der Waals surface area contributed by atoms with E-state index in [2.05, 4.69) is 25.4 Å². The lowest BCUT2D eigenvalue weighted by Crippen LogP contribution is -2.10. The van der Waals surface area contributed by atoms with Crippen LogP contribution in [0.2, 0.25) is 0 Å². The molecule has 0 saturated heterocycles. The van der Waals surface area contributed by atoms with E-state index in [1.54, 1.807) is 29.3 Å². The number of fused-ring (bicyclic) bond motifs is 1. The summed E-state index contributed by atoms with van der Waals surface area (Å²) in [5.74, 6) is 1.68. The van der Waals surface area contributed by atoms with Gasteiger partial charge in [-0.15, -0.1) is 0 Å². The molecule has 1 atom stereocenters. The van der Waals surface area contributed by atoms with Crippen LogP contribution >= 0.6 is 0 Å². The fourth-order valence-electron chi connectivity index (χ4n) is 1.76. The molecule has 1 unspecified atom stereocenters. The highest BCUT2D eigenvalue weighted by atomic mass is 15.2. The average molecular weight is 228 g/mol. The van der Waals surface area contributed by atoms with E-state index in [4.69, 9.17) is 0 Å². The van der Waals surface area contributed by atoms with Crippen LogP contribution in [0.25, 0.3) is 5.52 Å². The lowest BCUT2D eigenvalue weighted by molar-refractivity contribution is 0.802. The Bertz CT molecular complexity index is 612. The number of rotatable bonds is 3. The first kappa shape index (κ1) is 9.83. The molecule has 0 amide bonds. The molecule has 0 saturated carbocycles. The number of nitrogens with one attached hydrogen (secondary N) is 2. The van der Waals surface area contributed by atoms with Crippen molar-refractivity contribution in [3.63, 3.8) is 0 Å². The topological polar surface area (TPSA) is 70.9 Å². The molecule has 3 rings (SSSR count). The standard InChI is InChI=1S/C11H12N6/c1-8(10-12-4-5-13-10)16-11-9-2-3-15-17(9)7-6-14-11/h2-8H,1H3,(H,12,13)(H,14,16). The van der Waals surface area contributed by atoms with Crippen molar-refractivity contribution < 1.29 is 0 Å². The first-order valence-corrected chi connectivity index (χ1v) is 5.39. The number of aromatic amines is 1. The molecule has 3 aromatic heterocycles. The van der Waals surface area contributed by atoms with Gasteiger partial charge in [0.15, 0.2) is 5.82 Å². The summed E-state index contributed by atoms with van der Waals surface area (Å²) in [5, 5.41) is 7.47. The highest BCUT2D eigenvalue weighted by Gasteiger charge is 2.10. The first-order chi connectivity index (χ1) is 8.34. The summed E-state index contributed by atoms with van der Waals surface area (Å²) in [6.45, 7) is 2.03. The van der Waals surface area contributed by atoms with Crippen LogP contribution in [-0.2, 0) is 0 Å². The zero-order valence-electron chi connectivity index (χ0n) is 9.33. The summed E-state index contributed by atoms with van der Waals surface area (Å²) in [4.78, 5) is 11.6. The first-order valence-electron chi connectivity index (χ1n) is 5.39. The number of nitrogens with zero attached hydrogens (tertiary/aromatic N) is 4. The van der Waals surface area contributed by atoms with Crippen molar-refractivity contribution in [3.8, 4) is 0 Å². The van der Waals surface area contributed by atoms with Gasteiger partial charge in [0.2, 0.25) is 0 Å². The molecule has 6 heteroatoms. The van der Waals surface area contributed by atoms with E-state index in [0.29, 0.717) is 0 Å². The van der Waals surface area contributed by atoms with Gasteiger partial charge in [-0.25, -0.2) is 14.5 Å². The Balaban J connectivity index is 1.92. The lowest BCUT2D eigenvalue weighted by Gasteiger charge is -2.12. The Hall–Kier alpha value is -2.37. The molecule has 0 aromatic carbocycles. The van der Waals surface area contributed by atoms with Gasteiger partial charge in [0, 0.05) is 24.8 Å². The lowest BCUT2D eigenvalue weighted by atomic mass is 10.3. The van der Waals surface area contributed by atoms with Crippen molar-refractivity contribution in [1.82, 2.24) is 24.6 Å². The molecular formula is C11H12N6. The molecule has 6 nitrogen and oxygen atoms in total. The molecule has 0 spiro atoms. The maximum atomic E-state index is 4.32. The summed E-state index contributed by atoms with van der Waals surface area (Å²) < 4.78 is 1.78. The third-order valence-electron chi connectivity index (χ3n) is 2.61. The van der Waals surface area contributed by atoms with Crippen LogP contribution in [0.15, 0.2) is 37.1 Å². The van der Waals surface area contributed by atoms with Crippen molar-refractivity contribution >= 4 is 11.3 Å². The molecule has 3 heterocycles. The molecular weight excluding hydrogens is 216 g/mol. The van der Waals surface area contributed by atoms with Gasteiger partial charge in [-0.2, -0.15) is 5.10 Å². The summed E-state index contributed by atoms with van der Waals surface area (Å²) in [5.41, 5.74) is 0.950. The second kappa shape index (κ2) is 3.89. The second-order valence-corrected chi connectivity index (χ2v) is 3.78.